The van der Waals surface area contributed by atoms with E-state index in [0.29, 0.717) is 0 Å². The molecule has 2 rings (SSSR count). The van der Waals surface area contributed by atoms with Gasteiger partial charge in [0.05, 0.1) is 10.5 Å². The van der Waals surface area contributed by atoms with Gasteiger partial charge >= 0.3 is 5.97 Å². The Morgan fingerprint density at radius 3 is 2.15 bits per heavy atom. The summed E-state index contributed by atoms with van der Waals surface area (Å²) in [6.07, 6.45) is 0. The summed E-state index contributed by atoms with van der Waals surface area (Å²) in [4.78, 5) is 11.7. The van der Waals surface area contributed by atoms with Crippen LogP contribution >= 0.6 is 10.7 Å². The van der Waals surface area contributed by atoms with E-state index in [-0.39, 0.29) is 17.1 Å². The standard InChI is InChI=1S/C14H11ClO4S/c15-20(17,18)13-8-6-12(7-9-13)14(16)19-10-11-4-2-1-3-5-11/h1-9H,10H2. The number of hydrogen-bond donors (Lipinski definition) is 0. The maximum absolute atomic E-state index is 11.8. The van der Waals surface area contributed by atoms with Crippen molar-refractivity contribution in [1.82, 2.24) is 0 Å². The van der Waals surface area contributed by atoms with Crippen molar-refractivity contribution in [3.8, 4) is 0 Å². The zero-order chi connectivity index (χ0) is 14.6. The summed E-state index contributed by atoms with van der Waals surface area (Å²) in [5.41, 5.74) is 1.14. The van der Waals surface area contributed by atoms with Crippen LogP contribution in [0.1, 0.15) is 15.9 Å². The molecule has 2 aromatic rings. The van der Waals surface area contributed by atoms with Crippen molar-refractivity contribution in [2.45, 2.75) is 11.5 Å². The molecule has 20 heavy (non-hydrogen) atoms. The summed E-state index contributed by atoms with van der Waals surface area (Å²) in [6.45, 7) is 0.162. The first-order valence-corrected chi connectivity index (χ1v) is 8.03. The molecule has 0 heterocycles. The highest BCUT2D eigenvalue weighted by Gasteiger charge is 2.12. The molecule has 0 atom stereocenters. The maximum atomic E-state index is 11.8. The molecule has 0 spiro atoms. The van der Waals surface area contributed by atoms with Crippen LogP contribution in [-0.4, -0.2) is 14.4 Å². The molecule has 104 valence electrons. The Bertz CT molecular complexity index is 694. The molecule has 0 saturated heterocycles. The monoisotopic (exact) mass is 310 g/mol. The van der Waals surface area contributed by atoms with Crippen molar-refractivity contribution in [1.29, 1.82) is 0 Å². The lowest BCUT2D eigenvalue weighted by molar-refractivity contribution is 0.0472. The van der Waals surface area contributed by atoms with E-state index in [4.69, 9.17) is 15.4 Å². The lowest BCUT2D eigenvalue weighted by atomic mass is 10.2. The highest BCUT2D eigenvalue weighted by Crippen LogP contribution is 2.16. The zero-order valence-electron chi connectivity index (χ0n) is 10.3. The third-order valence-electron chi connectivity index (χ3n) is 2.58. The molecular formula is C14H11ClO4S. The molecule has 0 aliphatic heterocycles. The molecule has 0 fully saturated rings. The molecule has 4 nitrogen and oxygen atoms in total. The fourth-order valence-corrected chi connectivity index (χ4v) is 2.33. The second kappa shape index (κ2) is 6.07. The number of carbonyl (C=O) groups excluding carboxylic acids is 1. The molecule has 0 aromatic heterocycles. The number of carbonyl (C=O) groups is 1. The minimum absolute atomic E-state index is 0.0567. The van der Waals surface area contributed by atoms with Crippen molar-refractivity contribution in [3.63, 3.8) is 0 Å². The second-order valence-corrected chi connectivity index (χ2v) is 6.59. The topological polar surface area (TPSA) is 60.4 Å². The molecule has 0 aliphatic carbocycles. The van der Waals surface area contributed by atoms with E-state index in [1.807, 2.05) is 30.3 Å². The van der Waals surface area contributed by atoms with Crippen LogP contribution in [0.3, 0.4) is 0 Å². The largest absolute Gasteiger partial charge is 0.457 e. The van der Waals surface area contributed by atoms with Crippen LogP contribution in [0.15, 0.2) is 59.5 Å². The molecular weight excluding hydrogens is 300 g/mol. The SMILES string of the molecule is O=C(OCc1ccccc1)c1ccc(S(=O)(=O)Cl)cc1. The van der Waals surface area contributed by atoms with E-state index in [1.165, 1.54) is 24.3 Å². The zero-order valence-corrected chi connectivity index (χ0v) is 11.9. The summed E-state index contributed by atoms with van der Waals surface area (Å²) >= 11 is 0. The molecule has 6 heteroatoms. The van der Waals surface area contributed by atoms with Crippen molar-refractivity contribution in [2.24, 2.45) is 0 Å². The van der Waals surface area contributed by atoms with E-state index < -0.39 is 15.0 Å². The van der Waals surface area contributed by atoms with Gasteiger partial charge in [0.1, 0.15) is 6.61 Å². The van der Waals surface area contributed by atoms with Gasteiger partial charge in [-0.25, -0.2) is 13.2 Å². The lowest BCUT2D eigenvalue weighted by Crippen LogP contribution is -2.05. The fraction of sp³-hybridized carbons (Fsp3) is 0.0714. The molecule has 2 aromatic carbocycles. The Hall–Kier alpha value is -1.85. The molecule has 0 N–H and O–H groups in total. The average Bonchev–Trinajstić information content (AvgIpc) is 2.45. The highest BCUT2D eigenvalue weighted by atomic mass is 35.7. The number of hydrogen-bond acceptors (Lipinski definition) is 4. The first kappa shape index (κ1) is 14.6. The van der Waals surface area contributed by atoms with Gasteiger partial charge in [-0.2, -0.15) is 0 Å². The number of esters is 1. The predicted octanol–water partition coefficient (Wildman–Crippen LogP) is 2.97. The van der Waals surface area contributed by atoms with Crippen LogP contribution in [0.5, 0.6) is 0 Å². The first-order chi connectivity index (χ1) is 9.47. The van der Waals surface area contributed by atoms with Crippen molar-refractivity contribution in [3.05, 3.63) is 65.7 Å². The summed E-state index contributed by atoms with van der Waals surface area (Å²) < 4.78 is 27.3. The Kier molecular flexibility index (Phi) is 4.42. The number of ether oxygens (including phenoxy) is 1. The Balaban J connectivity index is 2.03. The predicted molar refractivity (Wildman–Crippen MR) is 75.0 cm³/mol. The summed E-state index contributed by atoms with van der Waals surface area (Å²) in [6, 6.07) is 14.5. The number of rotatable bonds is 4. The second-order valence-electron chi connectivity index (χ2n) is 4.02. The van der Waals surface area contributed by atoms with E-state index in [0.717, 1.165) is 5.56 Å². The Morgan fingerprint density at radius 1 is 1.00 bits per heavy atom. The van der Waals surface area contributed by atoms with Gasteiger partial charge < -0.3 is 4.74 Å². The molecule has 0 unspecified atom stereocenters. The number of halogens is 1. The maximum Gasteiger partial charge on any atom is 0.338 e. The van der Waals surface area contributed by atoms with Gasteiger partial charge in [0, 0.05) is 10.7 Å². The van der Waals surface area contributed by atoms with Crippen molar-refractivity contribution >= 4 is 25.7 Å². The van der Waals surface area contributed by atoms with Crippen LogP contribution in [-0.2, 0) is 20.4 Å². The molecule has 0 radical (unpaired) electrons. The third-order valence-corrected chi connectivity index (χ3v) is 3.95. The van der Waals surface area contributed by atoms with E-state index in [1.54, 1.807) is 0 Å². The van der Waals surface area contributed by atoms with Crippen LogP contribution in [0.25, 0.3) is 0 Å². The van der Waals surface area contributed by atoms with Gasteiger partial charge in [-0.3, -0.25) is 0 Å². The Morgan fingerprint density at radius 2 is 1.60 bits per heavy atom. The minimum Gasteiger partial charge on any atom is -0.457 e. The summed E-state index contributed by atoms with van der Waals surface area (Å²) in [5.74, 6) is -0.521. The highest BCUT2D eigenvalue weighted by molar-refractivity contribution is 8.13. The third kappa shape index (κ3) is 3.82. The van der Waals surface area contributed by atoms with Gasteiger partial charge in [0.25, 0.3) is 9.05 Å². The molecule has 0 amide bonds. The van der Waals surface area contributed by atoms with Gasteiger partial charge in [-0.1, -0.05) is 30.3 Å². The van der Waals surface area contributed by atoms with Gasteiger partial charge in [-0.05, 0) is 29.8 Å². The summed E-state index contributed by atoms with van der Waals surface area (Å²) in [5, 5.41) is 0. The smallest absolute Gasteiger partial charge is 0.338 e. The van der Waals surface area contributed by atoms with Crippen LogP contribution in [0.2, 0.25) is 0 Å². The van der Waals surface area contributed by atoms with E-state index in [2.05, 4.69) is 0 Å². The average molecular weight is 311 g/mol. The first-order valence-electron chi connectivity index (χ1n) is 5.72. The molecule has 0 aliphatic rings. The minimum atomic E-state index is -3.78. The fourth-order valence-electron chi connectivity index (χ4n) is 1.56. The van der Waals surface area contributed by atoms with Crippen LogP contribution in [0, 0.1) is 0 Å². The molecule has 0 bridgehead atoms. The number of benzene rings is 2. The normalized spacial score (nSPS) is 11.1. The van der Waals surface area contributed by atoms with Crippen molar-refractivity contribution in [2.75, 3.05) is 0 Å². The van der Waals surface area contributed by atoms with Crippen molar-refractivity contribution < 1.29 is 17.9 Å². The Labute approximate surface area is 121 Å². The van der Waals surface area contributed by atoms with Gasteiger partial charge in [0.2, 0.25) is 0 Å². The van der Waals surface area contributed by atoms with E-state index in [9.17, 15) is 13.2 Å². The van der Waals surface area contributed by atoms with Crippen LogP contribution < -0.4 is 0 Å². The van der Waals surface area contributed by atoms with E-state index >= 15 is 0 Å². The lowest BCUT2D eigenvalue weighted by Gasteiger charge is -2.05. The summed E-state index contributed by atoms with van der Waals surface area (Å²) in [7, 11) is 1.41. The van der Waals surface area contributed by atoms with Gasteiger partial charge in [0.15, 0.2) is 0 Å². The van der Waals surface area contributed by atoms with Gasteiger partial charge in [-0.15, -0.1) is 0 Å². The quantitative estimate of drug-likeness (QED) is 0.643. The van der Waals surface area contributed by atoms with Crippen LogP contribution in [0.4, 0.5) is 0 Å². The molecule has 0 saturated carbocycles.